The average molecular weight is 357 g/mol. The molecule has 0 radical (unpaired) electrons. The Bertz CT molecular complexity index is 482. The Hall–Kier alpha value is -1.02. The number of hydrogen-bond acceptors (Lipinski definition) is 6. The topological polar surface area (TPSA) is 56.7 Å². The molecule has 2 rings (SSSR count). The van der Waals surface area contributed by atoms with Crippen LogP contribution in [0.4, 0.5) is 5.13 Å². The molecule has 1 aromatic heterocycles. The van der Waals surface area contributed by atoms with Gasteiger partial charge in [-0.1, -0.05) is 6.92 Å². The molecule has 0 aromatic carbocycles. The van der Waals surface area contributed by atoms with E-state index in [4.69, 9.17) is 0 Å². The fourth-order valence-electron chi connectivity index (χ4n) is 2.53. The van der Waals surface area contributed by atoms with Gasteiger partial charge in [0.25, 0.3) is 0 Å². The van der Waals surface area contributed by atoms with Crippen molar-refractivity contribution in [2.24, 2.45) is 4.99 Å². The van der Waals surface area contributed by atoms with E-state index in [0.29, 0.717) is 0 Å². The Morgan fingerprint density at radius 1 is 1.30 bits per heavy atom. The van der Waals surface area contributed by atoms with Gasteiger partial charge in [0.1, 0.15) is 5.82 Å². The molecule has 1 N–H and O–H groups in total. The van der Waals surface area contributed by atoms with E-state index in [1.54, 1.807) is 0 Å². The number of piperazine rings is 1. The van der Waals surface area contributed by atoms with Gasteiger partial charge in [0.2, 0.25) is 5.13 Å². The lowest BCUT2D eigenvalue weighted by atomic mass is 10.3. The van der Waals surface area contributed by atoms with Gasteiger partial charge in [-0.2, -0.15) is 16.1 Å². The van der Waals surface area contributed by atoms with Crippen molar-refractivity contribution in [3.05, 3.63) is 5.82 Å². The first-order chi connectivity index (χ1) is 11.3. The van der Waals surface area contributed by atoms with Crippen molar-refractivity contribution in [1.82, 2.24) is 19.6 Å². The molecule has 0 aliphatic carbocycles. The minimum atomic E-state index is 0.906. The summed E-state index contributed by atoms with van der Waals surface area (Å²) in [6.07, 6.45) is 5.52. The van der Waals surface area contributed by atoms with Gasteiger partial charge in [-0.05, 0) is 24.9 Å². The maximum atomic E-state index is 4.59. The highest BCUT2D eigenvalue weighted by Gasteiger charge is 2.21. The normalized spacial score (nSPS) is 16.0. The van der Waals surface area contributed by atoms with Gasteiger partial charge in [-0.15, -0.1) is 0 Å². The average Bonchev–Trinajstić information content (AvgIpc) is 3.08. The van der Waals surface area contributed by atoms with Gasteiger partial charge in [0.15, 0.2) is 5.96 Å². The standard InChI is InChI=1S/C15H28N6S2/c1-4-13-18-15(23-19-13)21-10-8-20(9-11-21)14(16-2)17-7-5-6-12-22-3/h4-12H2,1-3H3,(H,16,17). The Morgan fingerprint density at radius 2 is 2.09 bits per heavy atom. The highest BCUT2D eigenvalue weighted by molar-refractivity contribution is 7.98. The number of nitrogens with zero attached hydrogens (tertiary/aromatic N) is 5. The Kier molecular flexibility index (Phi) is 7.94. The number of anilines is 1. The van der Waals surface area contributed by atoms with Gasteiger partial charge < -0.3 is 15.1 Å². The highest BCUT2D eigenvalue weighted by Crippen LogP contribution is 2.19. The van der Waals surface area contributed by atoms with Gasteiger partial charge in [0.05, 0.1) is 0 Å². The SMILES string of the molecule is CCc1nsc(N2CCN(C(=NC)NCCCCSC)CC2)n1. The molecule has 0 unspecified atom stereocenters. The van der Waals surface area contributed by atoms with E-state index in [2.05, 4.69) is 42.6 Å². The van der Waals surface area contributed by atoms with Crippen molar-refractivity contribution in [2.45, 2.75) is 26.2 Å². The number of unbranched alkanes of at least 4 members (excludes halogenated alkanes) is 1. The number of nitrogens with one attached hydrogen (secondary N) is 1. The largest absolute Gasteiger partial charge is 0.356 e. The molecule has 1 aliphatic heterocycles. The van der Waals surface area contributed by atoms with E-state index < -0.39 is 0 Å². The molecule has 8 heteroatoms. The van der Waals surface area contributed by atoms with Crippen LogP contribution < -0.4 is 10.2 Å². The van der Waals surface area contributed by atoms with Crippen LogP contribution in [0.2, 0.25) is 0 Å². The quantitative estimate of drug-likeness (QED) is 0.458. The number of hydrogen-bond donors (Lipinski definition) is 1. The van der Waals surface area contributed by atoms with Crippen molar-refractivity contribution in [3.63, 3.8) is 0 Å². The zero-order valence-corrected chi connectivity index (χ0v) is 16.0. The van der Waals surface area contributed by atoms with Crippen LogP contribution in [0, 0.1) is 0 Å². The predicted octanol–water partition coefficient (Wildman–Crippen LogP) is 1.94. The summed E-state index contributed by atoms with van der Waals surface area (Å²) < 4.78 is 4.38. The number of rotatable bonds is 7. The van der Waals surface area contributed by atoms with Crippen LogP contribution >= 0.6 is 23.3 Å². The van der Waals surface area contributed by atoms with Crippen LogP contribution in [0.15, 0.2) is 4.99 Å². The lowest BCUT2D eigenvalue weighted by Crippen LogP contribution is -2.52. The van der Waals surface area contributed by atoms with Crippen molar-refractivity contribution in [1.29, 1.82) is 0 Å². The molecular weight excluding hydrogens is 328 g/mol. The van der Waals surface area contributed by atoms with E-state index in [0.717, 1.165) is 56.1 Å². The minimum absolute atomic E-state index is 0.906. The molecule has 0 saturated carbocycles. The molecule has 1 saturated heterocycles. The molecule has 1 aliphatic rings. The molecule has 6 nitrogen and oxygen atoms in total. The molecule has 23 heavy (non-hydrogen) atoms. The second kappa shape index (κ2) is 9.97. The third-order valence-electron chi connectivity index (χ3n) is 3.89. The maximum Gasteiger partial charge on any atom is 0.205 e. The summed E-state index contributed by atoms with van der Waals surface area (Å²) in [5, 5.41) is 4.55. The highest BCUT2D eigenvalue weighted by atomic mass is 32.2. The summed E-state index contributed by atoms with van der Waals surface area (Å²) in [5.41, 5.74) is 0. The van der Waals surface area contributed by atoms with E-state index in [-0.39, 0.29) is 0 Å². The lowest BCUT2D eigenvalue weighted by molar-refractivity contribution is 0.372. The molecule has 1 fully saturated rings. The second-order valence-electron chi connectivity index (χ2n) is 5.49. The summed E-state index contributed by atoms with van der Waals surface area (Å²) in [5.74, 6) is 3.22. The molecule has 1 aromatic rings. The Labute approximate surface area is 147 Å². The van der Waals surface area contributed by atoms with Crippen LogP contribution in [-0.2, 0) is 6.42 Å². The van der Waals surface area contributed by atoms with Crippen molar-refractivity contribution in [3.8, 4) is 0 Å². The van der Waals surface area contributed by atoms with Gasteiger partial charge in [-0.25, -0.2) is 4.98 Å². The summed E-state index contributed by atoms with van der Waals surface area (Å²) in [7, 11) is 1.87. The van der Waals surface area contributed by atoms with Crippen LogP contribution in [-0.4, -0.2) is 72.0 Å². The number of aryl methyl sites for hydroxylation is 1. The first kappa shape index (κ1) is 18.3. The van der Waals surface area contributed by atoms with E-state index in [9.17, 15) is 0 Å². The third kappa shape index (κ3) is 5.53. The summed E-state index contributed by atoms with van der Waals surface area (Å²) in [6.45, 7) is 7.01. The number of aliphatic imine (C=N–C) groups is 1. The van der Waals surface area contributed by atoms with Gasteiger partial charge in [-0.3, -0.25) is 4.99 Å². The zero-order valence-electron chi connectivity index (χ0n) is 14.4. The fraction of sp³-hybridized carbons (Fsp3) is 0.800. The van der Waals surface area contributed by atoms with E-state index in [1.807, 2.05) is 18.8 Å². The molecule has 0 spiro atoms. The Balaban J connectivity index is 1.75. The molecule has 2 heterocycles. The van der Waals surface area contributed by atoms with Crippen molar-refractivity contribution >= 4 is 34.4 Å². The van der Waals surface area contributed by atoms with Crippen LogP contribution in [0.3, 0.4) is 0 Å². The molecule has 0 amide bonds. The monoisotopic (exact) mass is 356 g/mol. The summed E-state index contributed by atoms with van der Waals surface area (Å²) >= 11 is 3.43. The fourth-order valence-corrected chi connectivity index (χ4v) is 3.82. The van der Waals surface area contributed by atoms with Crippen LogP contribution in [0.25, 0.3) is 0 Å². The van der Waals surface area contributed by atoms with E-state index >= 15 is 0 Å². The smallest absolute Gasteiger partial charge is 0.205 e. The zero-order chi connectivity index (χ0) is 16.5. The number of guanidine groups is 1. The first-order valence-corrected chi connectivity index (χ1v) is 10.5. The molecule has 0 atom stereocenters. The summed E-state index contributed by atoms with van der Waals surface area (Å²) in [4.78, 5) is 13.7. The summed E-state index contributed by atoms with van der Waals surface area (Å²) in [6, 6.07) is 0. The maximum absolute atomic E-state index is 4.59. The van der Waals surface area contributed by atoms with E-state index in [1.165, 1.54) is 30.1 Å². The van der Waals surface area contributed by atoms with Crippen LogP contribution in [0.1, 0.15) is 25.6 Å². The number of thioether (sulfide) groups is 1. The van der Waals surface area contributed by atoms with Gasteiger partial charge >= 0.3 is 0 Å². The van der Waals surface area contributed by atoms with Crippen molar-refractivity contribution in [2.75, 3.05) is 56.7 Å². The molecular formula is C15H28N6S2. The molecule has 0 bridgehead atoms. The van der Waals surface area contributed by atoms with Gasteiger partial charge in [0, 0.05) is 57.7 Å². The molecule has 130 valence electrons. The number of aromatic nitrogens is 2. The predicted molar refractivity (Wildman–Crippen MR) is 102 cm³/mol. The van der Waals surface area contributed by atoms with Crippen LogP contribution in [0.5, 0.6) is 0 Å². The minimum Gasteiger partial charge on any atom is -0.356 e. The second-order valence-corrected chi connectivity index (χ2v) is 7.21. The Morgan fingerprint density at radius 3 is 2.70 bits per heavy atom. The lowest BCUT2D eigenvalue weighted by Gasteiger charge is -2.36. The van der Waals surface area contributed by atoms with Crippen molar-refractivity contribution < 1.29 is 0 Å². The third-order valence-corrected chi connectivity index (χ3v) is 5.41. The first-order valence-electron chi connectivity index (χ1n) is 8.30.